The van der Waals surface area contributed by atoms with Gasteiger partial charge in [-0.25, -0.2) is 9.97 Å². The standard InChI is InChI=1S/C20H17F3N4O/c1-12-4-3-5-13(2)18(12)27-19(28)16-10-25-17(11-24-16)26-15-8-6-14(7-9-15)20(21,22)23/h3-11H,1-2H3,(H,25,26)(H,27,28). The highest BCUT2D eigenvalue weighted by Gasteiger charge is 2.29. The lowest BCUT2D eigenvalue weighted by Gasteiger charge is -2.11. The Hall–Kier alpha value is -3.42. The third-order valence-electron chi connectivity index (χ3n) is 4.09. The number of para-hydroxylation sites is 1. The molecule has 0 aliphatic rings. The lowest BCUT2D eigenvalue weighted by atomic mass is 10.1. The van der Waals surface area contributed by atoms with E-state index in [0.29, 0.717) is 11.5 Å². The molecule has 0 bridgehead atoms. The lowest BCUT2D eigenvalue weighted by Crippen LogP contribution is -2.15. The zero-order chi connectivity index (χ0) is 20.3. The molecule has 144 valence electrons. The molecule has 1 amide bonds. The van der Waals surface area contributed by atoms with Gasteiger partial charge in [0.25, 0.3) is 5.91 Å². The third-order valence-corrected chi connectivity index (χ3v) is 4.09. The van der Waals surface area contributed by atoms with E-state index in [2.05, 4.69) is 20.6 Å². The second-order valence-electron chi connectivity index (χ2n) is 6.21. The zero-order valence-corrected chi connectivity index (χ0v) is 15.1. The van der Waals surface area contributed by atoms with E-state index in [9.17, 15) is 18.0 Å². The van der Waals surface area contributed by atoms with Crippen LogP contribution in [-0.2, 0) is 6.18 Å². The number of nitrogens with zero attached hydrogens (tertiary/aromatic N) is 2. The number of benzene rings is 2. The number of anilines is 3. The van der Waals surface area contributed by atoms with Gasteiger partial charge < -0.3 is 10.6 Å². The molecule has 0 spiro atoms. The molecule has 0 aliphatic heterocycles. The Morgan fingerprint density at radius 3 is 2.11 bits per heavy atom. The maximum atomic E-state index is 12.6. The van der Waals surface area contributed by atoms with E-state index >= 15 is 0 Å². The minimum Gasteiger partial charge on any atom is -0.339 e. The van der Waals surface area contributed by atoms with Crippen molar-refractivity contribution in [3.8, 4) is 0 Å². The highest BCUT2D eigenvalue weighted by molar-refractivity contribution is 6.03. The van der Waals surface area contributed by atoms with Crippen molar-refractivity contribution in [1.29, 1.82) is 0 Å². The smallest absolute Gasteiger partial charge is 0.339 e. The SMILES string of the molecule is Cc1cccc(C)c1NC(=O)c1cnc(Nc2ccc(C(F)(F)F)cc2)cn1. The highest BCUT2D eigenvalue weighted by Crippen LogP contribution is 2.30. The van der Waals surface area contributed by atoms with E-state index in [1.165, 1.54) is 24.5 Å². The van der Waals surface area contributed by atoms with Crippen molar-refractivity contribution in [2.45, 2.75) is 20.0 Å². The normalized spacial score (nSPS) is 11.2. The number of aryl methyl sites for hydroxylation is 2. The number of aromatic nitrogens is 2. The second kappa shape index (κ2) is 7.67. The summed E-state index contributed by atoms with van der Waals surface area (Å²) >= 11 is 0. The van der Waals surface area contributed by atoms with Crippen molar-refractivity contribution in [3.63, 3.8) is 0 Å². The average Bonchev–Trinajstić information content (AvgIpc) is 2.65. The molecule has 3 aromatic rings. The maximum Gasteiger partial charge on any atom is 0.416 e. The van der Waals surface area contributed by atoms with Crippen LogP contribution in [0.3, 0.4) is 0 Å². The number of hydrogen-bond acceptors (Lipinski definition) is 4. The van der Waals surface area contributed by atoms with Gasteiger partial charge in [-0.1, -0.05) is 18.2 Å². The minimum absolute atomic E-state index is 0.126. The van der Waals surface area contributed by atoms with E-state index in [1.807, 2.05) is 32.0 Å². The summed E-state index contributed by atoms with van der Waals surface area (Å²) < 4.78 is 37.8. The fourth-order valence-electron chi connectivity index (χ4n) is 2.59. The Kier molecular flexibility index (Phi) is 5.30. The van der Waals surface area contributed by atoms with E-state index in [1.54, 1.807) is 0 Å². The molecule has 2 aromatic carbocycles. The molecule has 0 saturated heterocycles. The molecule has 0 aliphatic carbocycles. The van der Waals surface area contributed by atoms with Gasteiger partial charge >= 0.3 is 6.18 Å². The third kappa shape index (κ3) is 4.46. The minimum atomic E-state index is -4.39. The Morgan fingerprint density at radius 2 is 1.57 bits per heavy atom. The van der Waals surface area contributed by atoms with Crippen LogP contribution in [0.4, 0.5) is 30.4 Å². The van der Waals surface area contributed by atoms with Crippen molar-refractivity contribution >= 4 is 23.1 Å². The van der Waals surface area contributed by atoms with Crippen LogP contribution in [0.25, 0.3) is 0 Å². The highest BCUT2D eigenvalue weighted by atomic mass is 19.4. The summed E-state index contributed by atoms with van der Waals surface area (Å²) in [6.07, 6.45) is -1.74. The summed E-state index contributed by atoms with van der Waals surface area (Å²) in [7, 11) is 0. The van der Waals surface area contributed by atoms with Crippen molar-refractivity contribution in [3.05, 3.63) is 77.2 Å². The summed E-state index contributed by atoms with van der Waals surface area (Å²) in [5, 5.41) is 5.66. The van der Waals surface area contributed by atoms with E-state index in [-0.39, 0.29) is 5.69 Å². The van der Waals surface area contributed by atoms with Crippen LogP contribution in [0.2, 0.25) is 0 Å². The van der Waals surface area contributed by atoms with Gasteiger partial charge in [0.2, 0.25) is 0 Å². The molecular formula is C20H17F3N4O. The monoisotopic (exact) mass is 386 g/mol. The van der Waals surface area contributed by atoms with Gasteiger partial charge in [-0.15, -0.1) is 0 Å². The molecule has 28 heavy (non-hydrogen) atoms. The zero-order valence-electron chi connectivity index (χ0n) is 15.1. The lowest BCUT2D eigenvalue weighted by molar-refractivity contribution is -0.137. The predicted molar refractivity (Wildman–Crippen MR) is 101 cm³/mol. The average molecular weight is 386 g/mol. The number of carbonyl (C=O) groups is 1. The van der Waals surface area contributed by atoms with Crippen LogP contribution in [0.15, 0.2) is 54.9 Å². The van der Waals surface area contributed by atoms with E-state index in [4.69, 9.17) is 0 Å². The molecule has 2 N–H and O–H groups in total. The summed E-state index contributed by atoms with van der Waals surface area (Å²) in [6, 6.07) is 10.2. The second-order valence-corrected chi connectivity index (χ2v) is 6.21. The fraction of sp³-hybridized carbons (Fsp3) is 0.150. The number of carbonyl (C=O) groups excluding carboxylic acids is 1. The first-order valence-corrected chi connectivity index (χ1v) is 8.38. The van der Waals surface area contributed by atoms with Crippen molar-refractivity contribution in [2.24, 2.45) is 0 Å². The first kappa shape index (κ1) is 19.3. The van der Waals surface area contributed by atoms with Crippen LogP contribution in [-0.4, -0.2) is 15.9 Å². The number of alkyl halides is 3. The molecule has 0 unspecified atom stereocenters. The summed E-state index contributed by atoms with van der Waals surface area (Å²) in [6.45, 7) is 3.79. The molecule has 1 heterocycles. The predicted octanol–water partition coefficient (Wildman–Crippen LogP) is 5.11. The van der Waals surface area contributed by atoms with Crippen LogP contribution in [0.1, 0.15) is 27.2 Å². The Bertz CT molecular complexity index is 964. The Labute approximate surface area is 159 Å². The Morgan fingerprint density at radius 1 is 0.929 bits per heavy atom. The molecule has 0 radical (unpaired) electrons. The number of halogens is 3. The van der Waals surface area contributed by atoms with E-state index in [0.717, 1.165) is 28.9 Å². The summed E-state index contributed by atoms with van der Waals surface area (Å²) in [4.78, 5) is 20.5. The first-order valence-electron chi connectivity index (χ1n) is 8.38. The topological polar surface area (TPSA) is 66.9 Å². The van der Waals surface area contributed by atoms with Crippen LogP contribution in [0.5, 0.6) is 0 Å². The fourth-order valence-corrected chi connectivity index (χ4v) is 2.59. The van der Waals surface area contributed by atoms with Gasteiger partial charge in [-0.3, -0.25) is 4.79 Å². The molecule has 1 aromatic heterocycles. The molecule has 3 rings (SSSR count). The molecule has 0 atom stereocenters. The van der Waals surface area contributed by atoms with E-state index < -0.39 is 17.6 Å². The van der Waals surface area contributed by atoms with Crippen LogP contribution in [0, 0.1) is 13.8 Å². The van der Waals surface area contributed by atoms with Gasteiger partial charge in [0.05, 0.1) is 18.0 Å². The molecule has 8 heteroatoms. The molecular weight excluding hydrogens is 369 g/mol. The van der Waals surface area contributed by atoms with Gasteiger partial charge in [-0.05, 0) is 49.2 Å². The Balaban J connectivity index is 1.68. The van der Waals surface area contributed by atoms with Gasteiger partial charge in [0, 0.05) is 11.4 Å². The van der Waals surface area contributed by atoms with Crippen molar-refractivity contribution in [1.82, 2.24) is 9.97 Å². The number of nitrogens with one attached hydrogen (secondary N) is 2. The van der Waals surface area contributed by atoms with Gasteiger partial charge in [-0.2, -0.15) is 13.2 Å². The summed E-state index contributed by atoms with van der Waals surface area (Å²) in [5.74, 6) is -0.0886. The van der Waals surface area contributed by atoms with Crippen LogP contribution >= 0.6 is 0 Å². The largest absolute Gasteiger partial charge is 0.416 e. The number of hydrogen-bond donors (Lipinski definition) is 2. The maximum absolute atomic E-state index is 12.6. The molecule has 5 nitrogen and oxygen atoms in total. The quantitative estimate of drug-likeness (QED) is 0.654. The number of amides is 1. The molecule has 0 fully saturated rings. The summed E-state index contributed by atoms with van der Waals surface area (Å²) in [5.41, 5.74) is 2.41. The number of rotatable bonds is 4. The van der Waals surface area contributed by atoms with Crippen LogP contribution < -0.4 is 10.6 Å². The van der Waals surface area contributed by atoms with Crippen molar-refractivity contribution < 1.29 is 18.0 Å². The molecule has 0 saturated carbocycles. The van der Waals surface area contributed by atoms with Gasteiger partial charge in [0.15, 0.2) is 0 Å². The van der Waals surface area contributed by atoms with Gasteiger partial charge in [0.1, 0.15) is 11.5 Å². The first-order chi connectivity index (χ1) is 13.2. The van der Waals surface area contributed by atoms with Crippen molar-refractivity contribution in [2.75, 3.05) is 10.6 Å².